The molecule has 1 heterocycles. The number of aromatic nitrogens is 1. The van der Waals surface area contributed by atoms with Crippen LogP contribution in [-0.2, 0) is 17.5 Å². The van der Waals surface area contributed by atoms with Crippen molar-refractivity contribution in [2.75, 3.05) is 6.54 Å². The monoisotopic (exact) mass is 476 g/mol. The molecule has 0 fully saturated rings. The number of carboxylic acid groups (broad SMARTS) is 1. The van der Waals surface area contributed by atoms with E-state index in [0.717, 1.165) is 29.8 Å². The first kappa shape index (κ1) is 23.4. The molecule has 3 aromatic carbocycles. The summed E-state index contributed by atoms with van der Waals surface area (Å²) in [5.41, 5.74) is -0.606. The molecule has 0 amide bonds. The normalized spacial score (nSPS) is 11.8. The van der Waals surface area contributed by atoms with Gasteiger partial charge in [0.2, 0.25) is 5.89 Å². The summed E-state index contributed by atoms with van der Waals surface area (Å²) in [6.45, 7) is 0.646. The van der Waals surface area contributed by atoms with Crippen LogP contribution in [0.15, 0.2) is 59.0 Å². The van der Waals surface area contributed by atoms with Crippen molar-refractivity contribution >= 4 is 17.1 Å². The first-order chi connectivity index (χ1) is 16.1. The highest BCUT2D eigenvalue weighted by Gasteiger charge is 2.35. The van der Waals surface area contributed by atoms with Gasteiger partial charge >= 0.3 is 12.1 Å². The molecule has 0 aliphatic heterocycles. The van der Waals surface area contributed by atoms with E-state index in [2.05, 4.69) is 10.3 Å². The van der Waals surface area contributed by atoms with Gasteiger partial charge in [0, 0.05) is 24.2 Å². The molecule has 0 radical (unpaired) electrons. The minimum absolute atomic E-state index is 0.0187. The smallest absolute Gasteiger partial charge is 0.417 e. The van der Waals surface area contributed by atoms with Crippen molar-refractivity contribution in [3.63, 3.8) is 0 Å². The van der Waals surface area contributed by atoms with E-state index in [1.807, 2.05) is 0 Å². The Hall–Kier alpha value is -3.79. The average molecular weight is 476 g/mol. The fraction of sp³-hybridized carbons (Fsp3) is 0.167. The molecule has 0 spiro atoms. The van der Waals surface area contributed by atoms with Crippen LogP contribution in [0.1, 0.15) is 17.5 Å². The lowest BCUT2D eigenvalue weighted by molar-refractivity contribution is -0.137. The van der Waals surface area contributed by atoms with Crippen LogP contribution in [0.25, 0.3) is 33.7 Å². The molecule has 0 unspecified atom stereocenters. The maximum absolute atomic E-state index is 14.2. The summed E-state index contributed by atoms with van der Waals surface area (Å²) in [4.78, 5) is 14.8. The first-order valence-corrected chi connectivity index (χ1v) is 10.1. The van der Waals surface area contributed by atoms with E-state index in [1.54, 1.807) is 18.2 Å². The van der Waals surface area contributed by atoms with Gasteiger partial charge in [-0.3, -0.25) is 4.79 Å². The number of rotatable bonds is 7. The number of benzene rings is 3. The molecule has 5 nitrogen and oxygen atoms in total. The second kappa shape index (κ2) is 9.22. The van der Waals surface area contributed by atoms with Crippen molar-refractivity contribution in [3.05, 3.63) is 77.4 Å². The van der Waals surface area contributed by atoms with Gasteiger partial charge in [-0.25, -0.2) is 13.8 Å². The van der Waals surface area contributed by atoms with Crippen molar-refractivity contribution in [1.82, 2.24) is 10.3 Å². The number of carboxylic acids is 1. The molecule has 0 saturated heterocycles. The van der Waals surface area contributed by atoms with Crippen LogP contribution in [0.3, 0.4) is 0 Å². The molecular weight excluding hydrogens is 459 g/mol. The number of oxazole rings is 1. The van der Waals surface area contributed by atoms with Crippen LogP contribution in [0.2, 0.25) is 0 Å². The molecule has 0 saturated carbocycles. The highest BCUT2D eigenvalue weighted by Crippen LogP contribution is 2.40. The number of carbonyl (C=O) groups is 1. The van der Waals surface area contributed by atoms with Gasteiger partial charge in [-0.1, -0.05) is 12.1 Å². The van der Waals surface area contributed by atoms with E-state index in [1.165, 1.54) is 6.07 Å². The zero-order chi connectivity index (χ0) is 24.5. The second-order valence-corrected chi connectivity index (χ2v) is 7.52. The lowest BCUT2D eigenvalue weighted by atomic mass is 9.96. The largest absolute Gasteiger partial charge is 0.481 e. The highest BCUT2D eigenvalue weighted by molar-refractivity contribution is 5.78. The van der Waals surface area contributed by atoms with E-state index < -0.39 is 40.5 Å². The topological polar surface area (TPSA) is 75.4 Å². The van der Waals surface area contributed by atoms with Crippen LogP contribution >= 0.6 is 0 Å². The van der Waals surface area contributed by atoms with Crippen LogP contribution in [0.4, 0.5) is 22.0 Å². The van der Waals surface area contributed by atoms with Gasteiger partial charge < -0.3 is 14.8 Å². The molecule has 4 aromatic rings. The number of halogens is 5. The molecule has 0 aliphatic rings. The van der Waals surface area contributed by atoms with Gasteiger partial charge in [0.1, 0.15) is 17.2 Å². The number of hydrogen-bond acceptors (Lipinski definition) is 4. The molecule has 176 valence electrons. The Labute approximate surface area is 189 Å². The van der Waals surface area contributed by atoms with Gasteiger partial charge in [0.05, 0.1) is 12.0 Å². The molecule has 1 aromatic heterocycles. The Morgan fingerprint density at radius 2 is 1.79 bits per heavy atom. The van der Waals surface area contributed by atoms with Crippen molar-refractivity contribution in [3.8, 4) is 22.6 Å². The van der Waals surface area contributed by atoms with Gasteiger partial charge in [-0.15, -0.1) is 0 Å². The quantitative estimate of drug-likeness (QED) is 0.252. The molecule has 0 aliphatic carbocycles. The van der Waals surface area contributed by atoms with E-state index in [4.69, 9.17) is 9.52 Å². The van der Waals surface area contributed by atoms with E-state index >= 15 is 0 Å². The fourth-order valence-electron chi connectivity index (χ4n) is 3.49. The first-order valence-electron chi connectivity index (χ1n) is 10.1. The van der Waals surface area contributed by atoms with Gasteiger partial charge in [0.25, 0.3) is 0 Å². The minimum atomic E-state index is -4.84. The second-order valence-electron chi connectivity index (χ2n) is 7.52. The number of aliphatic carboxylic acids is 1. The summed E-state index contributed by atoms with van der Waals surface area (Å²) in [6, 6.07) is 10.5. The minimum Gasteiger partial charge on any atom is -0.481 e. The Bertz CT molecular complexity index is 1360. The highest BCUT2D eigenvalue weighted by atomic mass is 19.4. The van der Waals surface area contributed by atoms with Gasteiger partial charge in [-0.2, -0.15) is 13.2 Å². The SMILES string of the molecule is O=C(O)CCNCc1ccc2oc(-c3ccc(-c4cc(F)ccc4F)c(C(F)(F)F)c3)nc2c1. The Morgan fingerprint density at radius 1 is 1.00 bits per heavy atom. The van der Waals surface area contributed by atoms with Crippen LogP contribution in [0.5, 0.6) is 0 Å². The third kappa shape index (κ3) is 5.07. The van der Waals surface area contributed by atoms with Crippen LogP contribution in [0, 0.1) is 11.6 Å². The summed E-state index contributed by atoms with van der Waals surface area (Å²) in [6.07, 6.45) is -4.88. The van der Waals surface area contributed by atoms with E-state index in [-0.39, 0.29) is 24.4 Å². The van der Waals surface area contributed by atoms with Crippen molar-refractivity contribution in [2.45, 2.75) is 19.1 Å². The third-order valence-corrected chi connectivity index (χ3v) is 5.09. The summed E-state index contributed by atoms with van der Waals surface area (Å²) < 4.78 is 74.8. The number of hydrogen-bond donors (Lipinski definition) is 2. The molecule has 34 heavy (non-hydrogen) atoms. The van der Waals surface area contributed by atoms with Gasteiger partial charge in [0.15, 0.2) is 5.58 Å². The van der Waals surface area contributed by atoms with Gasteiger partial charge in [-0.05, 0) is 53.6 Å². The molecule has 10 heteroatoms. The molecule has 2 N–H and O–H groups in total. The Kier molecular flexibility index (Phi) is 6.34. The summed E-state index contributed by atoms with van der Waals surface area (Å²) in [5.74, 6) is -2.83. The predicted octanol–water partition coefficient (Wildman–Crippen LogP) is 6.02. The fourth-order valence-corrected chi connectivity index (χ4v) is 3.49. The molecule has 0 atom stereocenters. The van der Waals surface area contributed by atoms with E-state index in [9.17, 15) is 26.7 Å². The molecular formula is C24H17F5N2O3. The summed E-state index contributed by atoms with van der Waals surface area (Å²) in [5, 5.41) is 11.6. The van der Waals surface area contributed by atoms with Crippen LogP contribution in [-0.4, -0.2) is 22.6 Å². The predicted molar refractivity (Wildman–Crippen MR) is 114 cm³/mol. The van der Waals surface area contributed by atoms with Crippen molar-refractivity contribution in [2.24, 2.45) is 0 Å². The lowest BCUT2D eigenvalue weighted by Crippen LogP contribution is -2.17. The van der Waals surface area contributed by atoms with Crippen molar-refractivity contribution < 1.29 is 36.3 Å². The number of fused-ring (bicyclic) bond motifs is 1. The average Bonchev–Trinajstić information content (AvgIpc) is 3.21. The third-order valence-electron chi connectivity index (χ3n) is 5.09. The zero-order valence-corrected chi connectivity index (χ0v) is 17.4. The Morgan fingerprint density at radius 3 is 2.53 bits per heavy atom. The number of nitrogens with one attached hydrogen (secondary N) is 1. The van der Waals surface area contributed by atoms with Crippen LogP contribution < -0.4 is 5.32 Å². The van der Waals surface area contributed by atoms with E-state index in [0.29, 0.717) is 23.7 Å². The number of alkyl halides is 3. The number of nitrogens with zero attached hydrogens (tertiary/aromatic N) is 1. The van der Waals surface area contributed by atoms with Crippen molar-refractivity contribution in [1.29, 1.82) is 0 Å². The molecule has 0 bridgehead atoms. The standard InChI is InChI=1S/C24H17F5N2O3/c25-15-3-5-19(26)17(11-15)16-4-2-14(10-18(16)24(27,28)29)23-31-20-9-13(1-6-21(20)34-23)12-30-8-7-22(32)33/h1-6,9-11,30H,7-8,12H2,(H,32,33). The lowest BCUT2D eigenvalue weighted by Gasteiger charge is -2.14. The maximum Gasteiger partial charge on any atom is 0.417 e. The summed E-state index contributed by atoms with van der Waals surface area (Å²) in [7, 11) is 0. The zero-order valence-electron chi connectivity index (χ0n) is 17.4. The molecule has 4 rings (SSSR count). The summed E-state index contributed by atoms with van der Waals surface area (Å²) >= 11 is 0. The Balaban J connectivity index is 1.68. The maximum atomic E-state index is 14.2.